The smallest absolute Gasteiger partial charge is 0.245 e. The first kappa shape index (κ1) is 23.1. The first-order chi connectivity index (χ1) is 13.7. The van der Waals surface area contributed by atoms with Crippen LogP contribution >= 0.6 is 0 Å². The molecule has 1 aromatic rings. The van der Waals surface area contributed by atoms with Gasteiger partial charge in [0, 0.05) is 25.9 Å². The van der Waals surface area contributed by atoms with E-state index in [4.69, 9.17) is 0 Å². The lowest BCUT2D eigenvalue weighted by Crippen LogP contribution is -2.52. The van der Waals surface area contributed by atoms with Crippen LogP contribution in [0.3, 0.4) is 0 Å². The summed E-state index contributed by atoms with van der Waals surface area (Å²) in [5, 5.41) is 0. The Balaban J connectivity index is 2.06. The number of carbonyl (C=O) groups excluding carboxylic acids is 3. The van der Waals surface area contributed by atoms with Crippen LogP contribution in [0, 0.1) is 11.8 Å². The molecular weight excluding hydrogens is 364 g/mol. The molecule has 0 bridgehead atoms. The van der Waals surface area contributed by atoms with Crippen LogP contribution in [-0.4, -0.2) is 53.1 Å². The van der Waals surface area contributed by atoms with Crippen molar-refractivity contribution in [1.82, 2.24) is 9.80 Å². The molecule has 2 atom stereocenters. The molecule has 1 aliphatic rings. The van der Waals surface area contributed by atoms with Crippen molar-refractivity contribution in [2.75, 3.05) is 13.6 Å². The van der Waals surface area contributed by atoms with Crippen molar-refractivity contribution in [1.29, 1.82) is 0 Å². The number of Topliss-reactive ketones (excluding diaryl/α,β-unsaturated/α-hetero) is 1. The molecule has 160 valence electrons. The van der Waals surface area contributed by atoms with Crippen molar-refractivity contribution in [2.45, 2.75) is 71.9 Å². The first-order valence-electron chi connectivity index (χ1n) is 10.9. The molecule has 0 unspecified atom stereocenters. The summed E-state index contributed by atoms with van der Waals surface area (Å²) < 4.78 is 0. The van der Waals surface area contributed by atoms with E-state index < -0.39 is 12.1 Å². The van der Waals surface area contributed by atoms with Crippen molar-refractivity contribution in [3.63, 3.8) is 0 Å². The third kappa shape index (κ3) is 6.15. The number of likely N-dealkylation sites (tertiary alicyclic amines) is 1. The second-order valence-electron chi connectivity index (χ2n) is 8.88. The second-order valence-corrected chi connectivity index (χ2v) is 8.88. The van der Waals surface area contributed by atoms with Gasteiger partial charge in [0.15, 0.2) is 5.78 Å². The van der Waals surface area contributed by atoms with E-state index in [0.29, 0.717) is 38.1 Å². The number of likely N-dealkylation sites (N-methyl/N-ethyl adjacent to an activating group) is 1. The summed E-state index contributed by atoms with van der Waals surface area (Å²) in [5.74, 6) is 0.199. The largest absolute Gasteiger partial charge is 0.334 e. The van der Waals surface area contributed by atoms with E-state index in [1.165, 1.54) is 0 Å². The summed E-state index contributed by atoms with van der Waals surface area (Å²) in [6.07, 6.45) is 3.22. The second kappa shape index (κ2) is 10.6. The predicted octanol–water partition coefficient (Wildman–Crippen LogP) is 3.71. The van der Waals surface area contributed by atoms with E-state index in [0.717, 1.165) is 12.0 Å². The molecule has 1 heterocycles. The van der Waals surface area contributed by atoms with Crippen LogP contribution in [0.4, 0.5) is 0 Å². The zero-order valence-corrected chi connectivity index (χ0v) is 18.6. The van der Waals surface area contributed by atoms with Crippen molar-refractivity contribution in [3.8, 4) is 0 Å². The van der Waals surface area contributed by atoms with Gasteiger partial charge >= 0.3 is 0 Å². The molecule has 2 amide bonds. The van der Waals surface area contributed by atoms with Gasteiger partial charge < -0.3 is 9.80 Å². The molecule has 0 spiro atoms. The van der Waals surface area contributed by atoms with Crippen LogP contribution in [-0.2, 0) is 20.8 Å². The van der Waals surface area contributed by atoms with E-state index in [1.54, 1.807) is 16.8 Å². The van der Waals surface area contributed by atoms with Gasteiger partial charge in [-0.15, -0.1) is 0 Å². The Hall–Kier alpha value is -2.17. The third-order valence-corrected chi connectivity index (χ3v) is 5.74. The topological polar surface area (TPSA) is 57.7 Å². The number of nitrogens with zero attached hydrogens (tertiary/aromatic N) is 2. The van der Waals surface area contributed by atoms with Crippen molar-refractivity contribution in [2.24, 2.45) is 11.8 Å². The van der Waals surface area contributed by atoms with Crippen LogP contribution in [0.1, 0.15) is 58.9 Å². The quantitative estimate of drug-likeness (QED) is 0.635. The van der Waals surface area contributed by atoms with Gasteiger partial charge in [0.25, 0.3) is 0 Å². The summed E-state index contributed by atoms with van der Waals surface area (Å²) in [5.41, 5.74) is 1.12. The number of ketones is 1. The number of amides is 2. The highest BCUT2D eigenvalue weighted by Crippen LogP contribution is 2.24. The van der Waals surface area contributed by atoms with Crippen LogP contribution in [0.5, 0.6) is 0 Å². The maximum atomic E-state index is 13.3. The van der Waals surface area contributed by atoms with Crippen molar-refractivity contribution in [3.05, 3.63) is 35.9 Å². The summed E-state index contributed by atoms with van der Waals surface area (Å²) in [6, 6.07) is 9.06. The van der Waals surface area contributed by atoms with Gasteiger partial charge in [-0.1, -0.05) is 58.0 Å². The number of hydrogen-bond acceptors (Lipinski definition) is 3. The summed E-state index contributed by atoms with van der Waals surface area (Å²) in [4.78, 5) is 42.2. The molecule has 5 heteroatoms. The van der Waals surface area contributed by atoms with Crippen LogP contribution < -0.4 is 0 Å². The van der Waals surface area contributed by atoms with E-state index >= 15 is 0 Å². The molecule has 5 nitrogen and oxygen atoms in total. The van der Waals surface area contributed by atoms with Gasteiger partial charge in [0.2, 0.25) is 11.8 Å². The average Bonchev–Trinajstić information content (AvgIpc) is 3.19. The normalized spacial score (nSPS) is 17.6. The fraction of sp³-hybridized carbons (Fsp3) is 0.625. The lowest BCUT2D eigenvalue weighted by atomic mass is 9.92. The molecule has 1 saturated heterocycles. The fourth-order valence-corrected chi connectivity index (χ4v) is 4.05. The average molecular weight is 401 g/mol. The molecule has 1 fully saturated rings. The molecule has 0 N–H and O–H groups in total. The summed E-state index contributed by atoms with van der Waals surface area (Å²) in [7, 11) is 1.72. The minimum Gasteiger partial charge on any atom is -0.334 e. The van der Waals surface area contributed by atoms with Gasteiger partial charge in [0.05, 0.1) is 6.04 Å². The molecule has 0 aliphatic carbocycles. The molecule has 0 radical (unpaired) electrons. The van der Waals surface area contributed by atoms with Gasteiger partial charge in [-0.2, -0.15) is 0 Å². The van der Waals surface area contributed by atoms with E-state index in [2.05, 4.69) is 13.8 Å². The lowest BCUT2D eigenvalue weighted by molar-refractivity contribution is -0.147. The maximum Gasteiger partial charge on any atom is 0.245 e. The third-order valence-electron chi connectivity index (χ3n) is 5.74. The Morgan fingerprint density at radius 3 is 2.34 bits per heavy atom. The fourth-order valence-electron chi connectivity index (χ4n) is 4.05. The van der Waals surface area contributed by atoms with Crippen LogP contribution in [0.15, 0.2) is 30.3 Å². The number of benzene rings is 1. The Kier molecular flexibility index (Phi) is 8.42. The summed E-state index contributed by atoms with van der Waals surface area (Å²) in [6.45, 7) is 8.50. The number of aryl methyl sites for hydroxylation is 1. The highest BCUT2D eigenvalue weighted by Gasteiger charge is 2.38. The van der Waals surface area contributed by atoms with E-state index in [1.807, 2.05) is 44.2 Å². The van der Waals surface area contributed by atoms with E-state index in [-0.39, 0.29) is 23.5 Å². The van der Waals surface area contributed by atoms with Gasteiger partial charge in [-0.3, -0.25) is 14.4 Å². The highest BCUT2D eigenvalue weighted by atomic mass is 16.2. The first-order valence-corrected chi connectivity index (χ1v) is 10.9. The van der Waals surface area contributed by atoms with Gasteiger partial charge in [-0.25, -0.2) is 0 Å². The SMILES string of the molecule is CC(C)C[C@H](C(=O)C(C)C)N(C)C(=O)[C@@H]1CCCN1C(=O)CCc1ccccc1. The molecule has 1 aromatic carbocycles. The highest BCUT2D eigenvalue weighted by molar-refractivity contribution is 5.93. The van der Waals surface area contributed by atoms with Crippen molar-refractivity contribution >= 4 is 17.6 Å². The van der Waals surface area contributed by atoms with Crippen molar-refractivity contribution < 1.29 is 14.4 Å². The Labute approximate surface area is 175 Å². The lowest BCUT2D eigenvalue weighted by Gasteiger charge is -2.34. The van der Waals surface area contributed by atoms with E-state index in [9.17, 15) is 14.4 Å². The zero-order chi connectivity index (χ0) is 21.6. The Bertz CT molecular complexity index is 699. The molecular formula is C24H36N2O3. The number of rotatable bonds is 9. The molecule has 2 rings (SSSR count). The minimum atomic E-state index is -0.446. The van der Waals surface area contributed by atoms with Gasteiger partial charge in [-0.05, 0) is 37.2 Å². The standard InChI is InChI=1S/C24H36N2O3/c1-17(2)16-21(23(28)18(3)4)25(5)24(29)20-12-9-15-26(20)22(27)14-13-19-10-7-6-8-11-19/h6-8,10-11,17-18,20-21H,9,12-16H2,1-5H3/t20-,21+/m0/s1. The summed E-state index contributed by atoms with van der Waals surface area (Å²) >= 11 is 0. The Morgan fingerprint density at radius 2 is 1.76 bits per heavy atom. The van der Waals surface area contributed by atoms with Crippen LogP contribution in [0.2, 0.25) is 0 Å². The van der Waals surface area contributed by atoms with Crippen LogP contribution in [0.25, 0.3) is 0 Å². The Morgan fingerprint density at radius 1 is 1.10 bits per heavy atom. The molecule has 0 saturated carbocycles. The predicted molar refractivity (Wildman–Crippen MR) is 115 cm³/mol. The molecule has 0 aromatic heterocycles. The number of hydrogen-bond donors (Lipinski definition) is 0. The maximum absolute atomic E-state index is 13.3. The zero-order valence-electron chi connectivity index (χ0n) is 18.6. The molecule has 29 heavy (non-hydrogen) atoms. The van der Waals surface area contributed by atoms with Gasteiger partial charge in [0.1, 0.15) is 6.04 Å². The number of carbonyl (C=O) groups is 3. The minimum absolute atomic E-state index is 0.0219. The monoisotopic (exact) mass is 400 g/mol. The molecule has 1 aliphatic heterocycles.